The van der Waals surface area contributed by atoms with E-state index >= 15 is 0 Å². The van der Waals surface area contributed by atoms with E-state index in [2.05, 4.69) is 17.6 Å². The van der Waals surface area contributed by atoms with Crippen LogP contribution in [0.5, 0.6) is 0 Å². The number of fused-ring (bicyclic) bond motifs is 1. The van der Waals surface area contributed by atoms with Gasteiger partial charge in [-0.05, 0) is 50.4 Å². The number of amides is 1. The molecule has 2 atom stereocenters. The van der Waals surface area contributed by atoms with Gasteiger partial charge in [-0.25, -0.2) is 8.42 Å². The van der Waals surface area contributed by atoms with Crippen molar-refractivity contribution in [2.24, 2.45) is 5.92 Å². The van der Waals surface area contributed by atoms with E-state index in [0.29, 0.717) is 23.0 Å². The van der Waals surface area contributed by atoms with Crippen LogP contribution in [0.3, 0.4) is 0 Å². The number of hydrogen-bond donors (Lipinski definition) is 2. The molecule has 2 aliphatic rings. The predicted molar refractivity (Wildman–Crippen MR) is 81.0 cm³/mol. The van der Waals surface area contributed by atoms with Crippen LogP contribution in [-0.4, -0.2) is 32.7 Å². The fraction of sp³-hybridized carbons (Fsp3) is 0.533. The van der Waals surface area contributed by atoms with E-state index in [1.165, 1.54) is 0 Å². The fourth-order valence-corrected chi connectivity index (χ4v) is 4.68. The number of benzene rings is 1. The van der Waals surface area contributed by atoms with Gasteiger partial charge in [-0.2, -0.15) is 0 Å². The lowest BCUT2D eigenvalue weighted by Crippen LogP contribution is -2.40. The predicted octanol–water partition coefficient (Wildman–Crippen LogP) is 1.34. The van der Waals surface area contributed by atoms with E-state index in [4.69, 9.17) is 0 Å². The van der Waals surface area contributed by atoms with E-state index in [1.54, 1.807) is 18.2 Å². The van der Waals surface area contributed by atoms with Crippen LogP contribution in [0.2, 0.25) is 0 Å². The molecule has 0 radical (unpaired) electrons. The van der Waals surface area contributed by atoms with Gasteiger partial charge in [0.05, 0.1) is 10.6 Å². The van der Waals surface area contributed by atoms with Gasteiger partial charge in [0.15, 0.2) is 9.84 Å². The Morgan fingerprint density at radius 2 is 2.19 bits per heavy atom. The van der Waals surface area contributed by atoms with E-state index in [-0.39, 0.29) is 17.6 Å². The maximum absolute atomic E-state index is 12.3. The third kappa shape index (κ3) is 2.96. The molecular formula is C15H20N2O3S. The average Bonchev–Trinajstić information content (AvgIpc) is 2.74. The molecule has 0 bridgehead atoms. The summed E-state index contributed by atoms with van der Waals surface area (Å²) in [6.45, 7) is 2.92. The normalized spacial score (nSPS) is 27.1. The summed E-state index contributed by atoms with van der Waals surface area (Å²) in [7, 11) is -3.16. The Bertz CT molecular complexity index is 669. The smallest absolute Gasteiger partial charge is 0.227 e. The SMILES string of the molecule is C[C@H]1C[C@@H](C(=O)Nc2ccc3c(c2)S(=O)(=O)CC3)CCN1. The van der Waals surface area contributed by atoms with Gasteiger partial charge >= 0.3 is 0 Å². The molecule has 3 rings (SSSR count). The van der Waals surface area contributed by atoms with Gasteiger partial charge in [-0.3, -0.25) is 4.79 Å². The lowest BCUT2D eigenvalue weighted by Gasteiger charge is -2.27. The van der Waals surface area contributed by atoms with Crippen molar-refractivity contribution >= 4 is 21.4 Å². The Morgan fingerprint density at radius 1 is 1.38 bits per heavy atom. The van der Waals surface area contributed by atoms with Crippen LogP contribution in [0.1, 0.15) is 25.3 Å². The first-order valence-electron chi connectivity index (χ1n) is 7.35. The minimum Gasteiger partial charge on any atom is -0.326 e. The highest BCUT2D eigenvalue weighted by molar-refractivity contribution is 7.91. The van der Waals surface area contributed by atoms with Gasteiger partial charge in [-0.1, -0.05) is 6.07 Å². The second-order valence-electron chi connectivity index (χ2n) is 5.96. The highest BCUT2D eigenvalue weighted by Gasteiger charge is 2.28. The molecule has 1 aromatic carbocycles. The molecular weight excluding hydrogens is 288 g/mol. The van der Waals surface area contributed by atoms with Crippen LogP contribution in [0.25, 0.3) is 0 Å². The van der Waals surface area contributed by atoms with Crippen LogP contribution in [-0.2, 0) is 21.1 Å². The summed E-state index contributed by atoms with van der Waals surface area (Å²) in [4.78, 5) is 12.7. The Labute approximate surface area is 125 Å². The molecule has 1 fully saturated rings. The van der Waals surface area contributed by atoms with E-state index < -0.39 is 9.84 Å². The summed E-state index contributed by atoms with van der Waals surface area (Å²) in [6.07, 6.45) is 2.20. The maximum Gasteiger partial charge on any atom is 0.227 e. The van der Waals surface area contributed by atoms with Gasteiger partial charge in [0.2, 0.25) is 5.91 Å². The zero-order valence-electron chi connectivity index (χ0n) is 12.1. The second-order valence-corrected chi connectivity index (χ2v) is 8.03. The summed E-state index contributed by atoms with van der Waals surface area (Å²) in [5, 5.41) is 6.18. The quantitative estimate of drug-likeness (QED) is 0.864. The van der Waals surface area contributed by atoms with Crippen molar-refractivity contribution in [1.29, 1.82) is 0 Å². The molecule has 114 valence electrons. The highest BCUT2D eigenvalue weighted by Crippen LogP contribution is 2.29. The number of hydrogen-bond acceptors (Lipinski definition) is 4. The number of anilines is 1. The Morgan fingerprint density at radius 3 is 2.95 bits per heavy atom. The van der Waals surface area contributed by atoms with Crippen molar-refractivity contribution in [2.45, 2.75) is 37.1 Å². The topological polar surface area (TPSA) is 75.3 Å². The molecule has 5 nitrogen and oxygen atoms in total. The molecule has 0 spiro atoms. The first-order valence-corrected chi connectivity index (χ1v) is 9.01. The molecule has 6 heteroatoms. The lowest BCUT2D eigenvalue weighted by molar-refractivity contribution is -0.120. The van der Waals surface area contributed by atoms with E-state index in [1.807, 2.05) is 0 Å². The first-order chi connectivity index (χ1) is 9.95. The molecule has 2 aliphatic heterocycles. The standard InChI is InChI=1S/C15H20N2O3S/c1-10-8-12(4-6-16-10)15(18)17-13-3-2-11-5-7-21(19,20)14(11)9-13/h2-3,9-10,12,16H,4-8H2,1H3,(H,17,18)/t10-,12-/m0/s1. The number of sulfone groups is 1. The molecule has 1 amide bonds. The Balaban J connectivity index is 1.75. The van der Waals surface area contributed by atoms with Crippen molar-refractivity contribution in [3.05, 3.63) is 23.8 Å². The van der Waals surface area contributed by atoms with E-state index in [9.17, 15) is 13.2 Å². The minimum absolute atomic E-state index is 0.00823. The van der Waals surface area contributed by atoms with Gasteiger partial charge in [0.1, 0.15) is 0 Å². The largest absolute Gasteiger partial charge is 0.326 e. The zero-order chi connectivity index (χ0) is 15.0. The summed E-state index contributed by atoms with van der Waals surface area (Å²) in [5.41, 5.74) is 1.43. The fourth-order valence-electron chi connectivity index (χ4n) is 3.10. The van der Waals surface area contributed by atoms with Crippen molar-refractivity contribution in [2.75, 3.05) is 17.6 Å². The van der Waals surface area contributed by atoms with E-state index in [0.717, 1.165) is 24.9 Å². The molecule has 0 unspecified atom stereocenters. The summed E-state index contributed by atoms with van der Waals surface area (Å²) in [5.74, 6) is 0.149. The molecule has 0 aromatic heterocycles. The second kappa shape index (κ2) is 5.42. The maximum atomic E-state index is 12.3. The van der Waals surface area contributed by atoms with Crippen LogP contribution < -0.4 is 10.6 Å². The van der Waals surface area contributed by atoms with Crippen molar-refractivity contribution in [1.82, 2.24) is 5.32 Å². The summed E-state index contributed by atoms with van der Waals surface area (Å²) < 4.78 is 23.8. The van der Waals surface area contributed by atoms with Gasteiger partial charge in [-0.15, -0.1) is 0 Å². The van der Waals surface area contributed by atoms with Crippen LogP contribution in [0, 0.1) is 5.92 Å². The molecule has 0 aliphatic carbocycles. The summed E-state index contributed by atoms with van der Waals surface area (Å²) in [6, 6.07) is 5.54. The number of nitrogens with one attached hydrogen (secondary N) is 2. The average molecular weight is 308 g/mol. The number of piperidine rings is 1. The first kappa shape index (κ1) is 14.5. The summed E-state index contributed by atoms with van der Waals surface area (Å²) >= 11 is 0. The molecule has 2 N–H and O–H groups in total. The van der Waals surface area contributed by atoms with Crippen molar-refractivity contribution in [3.8, 4) is 0 Å². The number of carbonyl (C=O) groups is 1. The van der Waals surface area contributed by atoms with Crippen molar-refractivity contribution in [3.63, 3.8) is 0 Å². The Hall–Kier alpha value is -1.40. The molecule has 2 heterocycles. The van der Waals surface area contributed by atoms with Gasteiger partial charge < -0.3 is 10.6 Å². The third-order valence-electron chi connectivity index (χ3n) is 4.30. The van der Waals surface area contributed by atoms with Crippen molar-refractivity contribution < 1.29 is 13.2 Å². The molecule has 1 saturated heterocycles. The number of rotatable bonds is 2. The lowest BCUT2D eigenvalue weighted by atomic mass is 9.92. The number of aryl methyl sites for hydroxylation is 1. The van der Waals surface area contributed by atoms with Crippen LogP contribution in [0.15, 0.2) is 23.1 Å². The molecule has 0 saturated carbocycles. The van der Waals surface area contributed by atoms with Gasteiger partial charge in [0, 0.05) is 17.6 Å². The molecule has 1 aromatic rings. The van der Waals surface area contributed by atoms with Crippen LogP contribution >= 0.6 is 0 Å². The third-order valence-corrected chi connectivity index (χ3v) is 6.10. The highest BCUT2D eigenvalue weighted by atomic mass is 32.2. The Kier molecular flexibility index (Phi) is 3.75. The molecule has 21 heavy (non-hydrogen) atoms. The zero-order valence-corrected chi connectivity index (χ0v) is 12.9. The number of carbonyl (C=O) groups excluding carboxylic acids is 1. The van der Waals surface area contributed by atoms with Crippen LogP contribution in [0.4, 0.5) is 5.69 Å². The van der Waals surface area contributed by atoms with Gasteiger partial charge in [0.25, 0.3) is 0 Å². The minimum atomic E-state index is -3.16. The monoisotopic (exact) mass is 308 g/mol.